The van der Waals surface area contributed by atoms with Crippen LogP contribution in [0.5, 0.6) is 5.75 Å². The minimum Gasteiger partial charge on any atom is -0.483 e. The zero-order valence-corrected chi connectivity index (χ0v) is 17.4. The van der Waals surface area contributed by atoms with E-state index in [-0.39, 0.29) is 6.10 Å². The van der Waals surface area contributed by atoms with Crippen molar-refractivity contribution in [2.24, 2.45) is 0 Å². The fourth-order valence-electron chi connectivity index (χ4n) is 2.79. The van der Waals surface area contributed by atoms with Crippen LogP contribution in [0.4, 0.5) is 13.2 Å². The molecule has 0 aliphatic heterocycles. The van der Waals surface area contributed by atoms with Crippen LogP contribution in [0.3, 0.4) is 0 Å². The molecule has 0 bridgehead atoms. The molecule has 0 spiro atoms. The zero-order valence-electron chi connectivity index (χ0n) is 15.8. The number of ether oxygens (including phenoxy) is 1. The first-order valence-electron chi connectivity index (χ1n) is 8.92. The van der Waals surface area contributed by atoms with Crippen molar-refractivity contribution < 1.29 is 17.9 Å². The second-order valence-corrected chi connectivity index (χ2v) is 7.67. The van der Waals surface area contributed by atoms with E-state index in [2.05, 4.69) is 10.2 Å². The number of aromatic nitrogens is 3. The number of hydrogen-bond acceptors (Lipinski definition) is 4. The van der Waals surface area contributed by atoms with Gasteiger partial charge in [0.15, 0.2) is 17.1 Å². The second kappa shape index (κ2) is 9.09. The van der Waals surface area contributed by atoms with Crippen molar-refractivity contribution in [3.05, 3.63) is 70.5 Å². The van der Waals surface area contributed by atoms with E-state index in [0.29, 0.717) is 39.6 Å². The van der Waals surface area contributed by atoms with Crippen LogP contribution in [0.2, 0.25) is 5.02 Å². The Balaban J connectivity index is 1.72. The predicted molar refractivity (Wildman–Crippen MR) is 107 cm³/mol. The van der Waals surface area contributed by atoms with E-state index in [0.717, 1.165) is 12.1 Å². The van der Waals surface area contributed by atoms with Crippen molar-refractivity contribution in [1.82, 2.24) is 14.8 Å². The van der Waals surface area contributed by atoms with Crippen molar-refractivity contribution in [2.45, 2.75) is 43.6 Å². The number of hydrogen-bond donors (Lipinski definition) is 0. The normalized spacial score (nSPS) is 12.8. The van der Waals surface area contributed by atoms with Crippen molar-refractivity contribution in [1.29, 1.82) is 0 Å². The van der Waals surface area contributed by atoms with Crippen LogP contribution in [-0.2, 0) is 18.5 Å². The molecule has 3 rings (SSSR count). The lowest BCUT2D eigenvalue weighted by atomic mass is 10.1. The Hall–Kier alpha value is -2.19. The molecule has 0 N–H and O–H groups in total. The van der Waals surface area contributed by atoms with Gasteiger partial charge in [0.2, 0.25) is 0 Å². The van der Waals surface area contributed by atoms with Gasteiger partial charge in [-0.25, -0.2) is 0 Å². The number of thioether (sulfide) groups is 1. The molecule has 0 radical (unpaired) electrons. The molecule has 0 aliphatic rings. The number of benzene rings is 2. The highest BCUT2D eigenvalue weighted by Gasteiger charge is 2.30. The molecule has 1 unspecified atom stereocenters. The summed E-state index contributed by atoms with van der Waals surface area (Å²) in [6.07, 6.45) is -4.73. The summed E-state index contributed by atoms with van der Waals surface area (Å²) in [5, 5.41) is 9.63. The van der Waals surface area contributed by atoms with Gasteiger partial charge in [-0.05, 0) is 43.7 Å². The molecule has 2 aromatic carbocycles. The molecule has 29 heavy (non-hydrogen) atoms. The number of alkyl halides is 3. The van der Waals surface area contributed by atoms with Crippen molar-refractivity contribution in [2.75, 3.05) is 0 Å². The average molecular weight is 442 g/mol. The Bertz CT molecular complexity index is 978. The Morgan fingerprint density at radius 3 is 2.59 bits per heavy atom. The fourth-order valence-corrected chi connectivity index (χ4v) is 3.92. The maximum absolute atomic E-state index is 12.9. The van der Waals surface area contributed by atoms with Crippen LogP contribution in [0, 0.1) is 0 Å². The maximum atomic E-state index is 12.9. The highest BCUT2D eigenvalue weighted by atomic mass is 35.5. The lowest BCUT2D eigenvalue weighted by Gasteiger charge is -2.15. The van der Waals surface area contributed by atoms with E-state index in [1.54, 1.807) is 30.3 Å². The van der Waals surface area contributed by atoms with Gasteiger partial charge >= 0.3 is 6.18 Å². The van der Waals surface area contributed by atoms with Gasteiger partial charge in [-0.2, -0.15) is 13.2 Å². The molecule has 1 atom stereocenters. The molecule has 9 heteroatoms. The minimum atomic E-state index is -4.36. The molecule has 1 aromatic heterocycles. The largest absolute Gasteiger partial charge is 0.483 e. The van der Waals surface area contributed by atoms with Gasteiger partial charge in [-0.3, -0.25) is 0 Å². The quantitative estimate of drug-likeness (QED) is 0.397. The first kappa shape index (κ1) is 21.5. The van der Waals surface area contributed by atoms with Crippen LogP contribution >= 0.6 is 23.4 Å². The standard InChI is InChI=1S/C20H19ClF3N3OS/c1-3-27-18(13(2)28-17-9-5-8-16(21)11-17)25-26-19(27)29-12-14-6-4-7-15(10-14)20(22,23)24/h4-11,13H,3,12H2,1-2H3. The van der Waals surface area contributed by atoms with Gasteiger partial charge in [0, 0.05) is 17.3 Å². The SMILES string of the molecule is CCn1c(SCc2cccc(C(F)(F)F)c2)nnc1C(C)Oc1cccc(Cl)c1. The van der Waals surface area contributed by atoms with Gasteiger partial charge < -0.3 is 9.30 Å². The Morgan fingerprint density at radius 2 is 1.90 bits per heavy atom. The number of halogens is 4. The summed E-state index contributed by atoms with van der Waals surface area (Å²) >= 11 is 7.33. The second-order valence-electron chi connectivity index (χ2n) is 6.29. The smallest absolute Gasteiger partial charge is 0.416 e. The molecule has 154 valence electrons. The van der Waals surface area contributed by atoms with Crippen molar-refractivity contribution >= 4 is 23.4 Å². The topological polar surface area (TPSA) is 39.9 Å². The van der Waals surface area contributed by atoms with E-state index >= 15 is 0 Å². The highest BCUT2D eigenvalue weighted by Crippen LogP contribution is 2.32. The van der Waals surface area contributed by atoms with E-state index in [1.807, 2.05) is 18.4 Å². The lowest BCUT2D eigenvalue weighted by molar-refractivity contribution is -0.137. The zero-order chi connectivity index (χ0) is 21.0. The molecule has 0 saturated heterocycles. The molecule has 0 amide bonds. The summed E-state index contributed by atoms with van der Waals surface area (Å²) in [5.74, 6) is 1.61. The molecular formula is C20H19ClF3N3OS. The predicted octanol–water partition coefficient (Wildman–Crippen LogP) is 6.40. The van der Waals surface area contributed by atoms with E-state index in [9.17, 15) is 13.2 Å². The van der Waals surface area contributed by atoms with E-state index in [1.165, 1.54) is 17.8 Å². The first-order valence-corrected chi connectivity index (χ1v) is 10.3. The average Bonchev–Trinajstić information content (AvgIpc) is 3.09. The van der Waals surface area contributed by atoms with Gasteiger partial charge in [-0.15, -0.1) is 10.2 Å². The van der Waals surface area contributed by atoms with Crippen LogP contribution in [0.15, 0.2) is 53.7 Å². The molecule has 0 aliphatic carbocycles. The third kappa shape index (κ3) is 5.45. The molecule has 0 fully saturated rings. The molecule has 4 nitrogen and oxygen atoms in total. The van der Waals surface area contributed by atoms with E-state index < -0.39 is 11.7 Å². The van der Waals surface area contributed by atoms with Gasteiger partial charge in [0.05, 0.1) is 5.56 Å². The molecular weight excluding hydrogens is 423 g/mol. The number of nitrogens with zero attached hydrogens (tertiary/aromatic N) is 3. The van der Waals surface area contributed by atoms with Crippen LogP contribution in [-0.4, -0.2) is 14.8 Å². The summed E-state index contributed by atoms with van der Waals surface area (Å²) in [6, 6.07) is 12.4. The molecule has 3 aromatic rings. The first-order chi connectivity index (χ1) is 13.8. The summed E-state index contributed by atoms with van der Waals surface area (Å²) in [4.78, 5) is 0. The number of rotatable bonds is 7. The molecule has 0 saturated carbocycles. The Kier molecular flexibility index (Phi) is 6.74. The van der Waals surface area contributed by atoms with Gasteiger partial charge in [0.1, 0.15) is 5.75 Å². The fraction of sp³-hybridized carbons (Fsp3) is 0.300. The third-order valence-electron chi connectivity index (χ3n) is 4.16. The van der Waals surface area contributed by atoms with Crippen LogP contribution in [0.1, 0.15) is 36.9 Å². The van der Waals surface area contributed by atoms with E-state index in [4.69, 9.17) is 16.3 Å². The summed E-state index contributed by atoms with van der Waals surface area (Å²) in [6.45, 7) is 4.42. The summed E-state index contributed by atoms with van der Waals surface area (Å²) in [7, 11) is 0. The Morgan fingerprint density at radius 1 is 1.14 bits per heavy atom. The monoisotopic (exact) mass is 441 g/mol. The highest BCUT2D eigenvalue weighted by molar-refractivity contribution is 7.98. The third-order valence-corrected chi connectivity index (χ3v) is 5.43. The van der Waals surface area contributed by atoms with Crippen LogP contribution in [0.25, 0.3) is 0 Å². The lowest BCUT2D eigenvalue weighted by Crippen LogP contribution is -2.12. The molecule has 1 heterocycles. The summed E-state index contributed by atoms with van der Waals surface area (Å²) < 4.78 is 46.5. The summed E-state index contributed by atoms with van der Waals surface area (Å²) in [5.41, 5.74) is -0.0861. The Labute approximate surface area is 176 Å². The van der Waals surface area contributed by atoms with Crippen molar-refractivity contribution in [3.63, 3.8) is 0 Å². The van der Waals surface area contributed by atoms with Crippen molar-refractivity contribution in [3.8, 4) is 5.75 Å². The van der Waals surface area contributed by atoms with Gasteiger partial charge in [0.25, 0.3) is 0 Å². The maximum Gasteiger partial charge on any atom is 0.416 e. The minimum absolute atomic E-state index is 0.353. The van der Waals surface area contributed by atoms with Gasteiger partial charge in [-0.1, -0.05) is 47.6 Å². The van der Waals surface area contributed by atoms with Crippen LogP contribution < -0.4 is 4.74 Å².